The van der Waals surface area contributed by atoms with E-state index < -0.39 is 42.4 Å². The monoisotopic (exact) mass is 495 g/mol. The summed E-state index contributed by atoms with van der Waals surface area (Å²) >= 11 is 6.27. The highest BCUT2D eigenvalue weighted by Crippen LogP contribution is 2.34. The van der Waals surface area contributed by atoms with Crippen molar-refractivity contribution in [2.24, 2.45) is 0 Å². The van der Waals surface area contributed by atoms with Gasteiger partial charge in [0.25, 0.3) is 0 Å². The first kappa shape index (κ1) is 24.1. The summed E-state index contributed by atoms with van der Waals surface area (Å²) in [5.74, 6) is -1.24. The fourth-order valence-electron chi connectivity index (χ4n) is 4.35. The maximum Gasteiger partial charge on any atom is 0.303 e. The molecule has 2 aromatic rings. The highest BCUT2D eigenvalue weighted by atomic mass is 35.5. The van der Waals surface area contributed by atoms with Gasteiger partial charge in [-0.25, -0.2) is 4.98 Å². The quantitative estimate of drug-likeness (QED) is 0.341. The minimum atomic E-state index is -1.15. The van der Waals surface area contributed by atoms with Crippen LogP contribution in [0.25, 0.3) is 11.2 Å². The van der Waals surface area contributed by atoms with E-state index in [2.05, 4.69) is 19.9 Å². The molecule has 12 nitrogen and oxygen atoms in total. The van der Waals surface area contributed by atoms with Gasteiger partial charge in [-0.2, -0.15) is 9.97 Å². The lowest BCUT2D eigenvalue weighted by atomic mass is 10.0. The molecule has 2 aliphatic rings. The third-order valence-corrected chi connectivity index (χ3v) is 5.80. The Labute approximate surface area is 200 Å². The van der Waals surface area contributed by atoms with E-state index in [0.29, 0.717) is 17.0 Å². The Morgan fingerprint density at radius 3 is 2.26 bits per heavy atom. The van der Waals surface area contributed by atoms with E-state index in [0.717, 1.165) is 32.4 Å². The smallest absolute Gasteiger partial charge is 0.303 e. The normalized spacial score (nSPS) is 25.1. The van der Waals surface area contributed by atoms with E-state index in [9.17, 15) is 14.4 Å². The molecule has 184 valence electrons. The number of fused-ring (bicyclic) bond motifs is 1. The first-order chi connectivity index (χ1) is 16.2. The van der Waals surface area contributed by atoms with Crippen molar-refractivity contribution in [1.29, 1.82) is 0 Å². The summed E-state index contributed by atoms with van der Waals surface area (Å²) in [6.45, 7) is 5.19. The molecule has 0 radical (unpaired) electrons. The zero-order valence-corrected chi connectivity index (χ0v) is 19.9. The highest BCUT2D eigenvalue weighted by Gasteiger charge is 2.48. The number of hydrogen-bond acceptors (Lipinski definition) is 11. The van der Waals surface area contributed by atoms with Crippen LogP contribution in [0.15, 0.2) is 6.33 Å². The lowest BCUT2D eigenvalue weighted by Gasteiger charge is -2.40. The summed E-state index contributed by atoms with van der Waals surface area (Å²) < 4.78 is 23.7. The predicted octanol–water partition coefficient (Wildman–Crippen LogP) is 1.79. The Hall–Kier alpha value is -2.99. The van der Waals surface area contributed by atoms with Crippen molar-refractivity contribution < 1.29 is 33.3 Å². The molecular weight excluding hydrogens is 470 g/mol. The van der Waals surface area contributed by atoms with Gasteiger partial charge in [0, 0.05) is 33.9 Å². The van der Waals surface area contributed by atoms with Crippen LogP contribution < -0.4 is 4.90 Å². The number of carbonyl (C=O) groups excluding carboxylic acids is 3. The van der Waals surface area contributed by atoms with Gasteiger partial charge in [-0.05, 0) is 30.9 Å². The largest absolute Gasteiger partial charge is 0.456 e. The molecule has 2 aliphatic heterocycles. The summed E-state index contributed by atoms with van der Waals surface area (Å²) in [6, 6.07) is 0. The van der Waals surface area contributed by atoms with Gasteiger partial charge in [0.15, 0.2) is 41.5 Å². The third kappa shape index (κ3) is 5.07. The molecule has 0 aliphatic carbocycles. The molecule has 2 saturated heterocycles. The molecule has 4 heterocycles. The molecule has 13 heteroatoms. The number of halogens is 1. The van der Waals surface area contributed by atoms with Crippen LogP contribution in [-0.2, 0) is 33.3 Å². The molecule has 2 fully saturated rings. The molecule has 0 saturated carbocycles. The maximum absolute atomic E-state index is 12.0. The van der Waals surface area contributed by atoms with Crippen LogP contribution in [-0.4, -0.2) is 75.4 Å². The van der Waals surface area contributed by atoms with Crippen LogP contribution in [0.3, 0.4) is 0 Å². The first-order valence-corrected chi connectivity index (χ1v) is 11.4. The average Bonchev–Trinajstić information content (AvgIpc) is 3.18. The minimum absolute atomic E-state index is 0.0315. The van der Waals surface area contributed by atoms with E-state index in [1.54, 1.807) is 4.57 Å². The van der Waals surface area contributed by atoms with E-state index in [4.69, 9.17) is 30.5 Å². The number of imidazole rings is 1. The van der Waals surface area contributed by atoms with Crippen molar-refractivity contribution in [3.05, 3.63) is 11.6 Å². The summed E-state index contributed by atoms with van der Waals surface area (Å²) in [5.41, 5.74) is 0.887. The van der Waals surface area contributed by atoms with Crippen LogP contribution >= 0.6 is 11.6 Å². The fourth-order valence-corrected chi connectivity index (χ4v) is 4.51. The van der Waals surface area contributed by atoms with Gasteiger partial charge in [-0.3, -0.25) is 19.0 Å². The number of anilines is 1. The SMILES string of the molecule is CC(=O)OC1COC(n2cnc3c(N4CCCCC4)nc(Cl)nc32)C(OC(C)=O)C1OC(C)=O. The van der Waals surface area contributed by atoms with Crippen molar-refractivity contribution in [2.75, 3.05) is 24.6 Å². The number of rotatable bonds is 5. The number of piperidine rings is 1. The van der Waals surface area contributed by atoms with Crippen molar-refractivity contribution in [1.82, 2.24) is 19.5 Å². The topological polar surface area (TPSA) is 135 Å². The average molecular weight is 496 g/mol. The standard InChI is InChI=1S/C21H26ClN5O7/c1-11(28)32-14-9-31-20(17(34-13(3)30)16(14)33-12(2)29)27-10-23-15-18(24-21(22)25-19(15)27)26-7-5-4-6-8-26/h10,14,16-17,20H,4-9H2,1-3H3. The first-order valence-electron chi connectivity index (χ1n) is 11.0. The zero-order valence-electron chi connectivity index (χ0n) is 19.1. The lowest BCUT2D eigenvalue weighted by molar-refractivity contribution is -0.239. The summed E-state index contributed by atoms with van der Waals surface area (Å²) in [6.07, 6.45) is 0.487. The molecule has 4 unspecified atom stereocenters. The van der Waals surface area contributed by atoms with Crippen LogP contribution in [0, 0.1) is 0 Å². The molecule has 0 aromatic carbocycles. The van der Waals surface area contributed by atoms with Gasteiger partial charge < -0.3 is 23.8 Å². The molecule has 2 aromatic heterocycles. The molecule has 34 heavy (non-hydrogen) atoms. The molecule has 0 N–H and O–H groups in total. The Bertz CT molecular complexity index is 1090. The summed E-state index contributed by atoms with van der Waals surface area (Å²) in [5, 5.41) is 0.0315. The van der Waals surface area contributed by atoms with Crippen molar-refractivity contribution >= 4 is 46.5 Å². The molecule has 0 spiro atoms. The Kier molecular flexibility index (Phi) is 7.17. The van der Waals surface area contributed by atoms with Gasteiger partial charge in [-0.15, -0.1) is 0 Å². The highest BCUT2D eigenvalue weighted by molar-refractivity contribution is 6.28. The lowest BCUT2D eigenvalue weighted by Crippen LogP contribution is -2.55. The Morgan fingerprint density at radius 2 is 1.62 bits per heavy atom. The van der Waals surface area contributed by atoms with Gasteiger partial charge in [0.1, 0.15) is 0 Å². The van der Waals surface area contributed by atoms with Gasteiger partial charge >= 0.3 is 17.9 Å². The molecule has 0 amide bonds. The molecule has 4 atom stereocenters. The Morgan fingerprint density at radius 1 is 0.971 bits per heavy atom. The van der Waals surface area contributed by atoms with Gasteiger partial charge in [-0.1, -0.05) is 0 Å². The second kappa shape index (κ2) is 10.1. The van der Waals surface area contributed by atoms with Crippen LogP contribution in [0.1, 0.15) is 46.3 Å². The fraction of sp³-hybridized carbons (Fsp3) is 0.619. The van der Waals surface area contributed by atoms with Gasteiger partial charge in [0.2, 0.25) is 5.28 Å². The number of carbonyl (C=O) groups is 3. The summed E-state index contributed by atoms with van der Waals surface area (Å²) in [4.78, 5) is 50.8. The van der Waals surface area contributed by atoms with Crippen molar-refractivity contribution in [3.8, 4) is 0 Å². The second-order valence-electron chi connectivity index (χ2n) is 8.21. The zero-order chi connectivity index (χ0) is 24.4. The number of esters is 3. The number of aromatic nitrogens is 4. The van der Waals surface area contributed by atoms with Gasteiger partial charge in [0.05, 0.1) is 12.9 Å². The van der Waals surface area contributed by atoms with Crippen LogP contribution in [0.5, 0.6) is 0 Å². The Balaban J connectivity index is 1.76. The van der Waals surface area contributed by atoms with E-state index >= 15 is 0 Å². The maximum atomic E-state index is 12.0. The molecule has 4 rings (SSSR count). The number of nitrogens with zero attached hydrogens (tertiary/aromatic N) is 5. The predicted molar refractivity (Wildman–Crippen MR) is 118 cm³/mol. The second-order valence-corrected chi connectivity index (χ2v) is 8.55. The van der Waals surface area contributed by atoms with E-state index in [-0.39, 0.29) is 11.9 Å². The summed E-state index contributed by atoms with van der Waals surface area (Å²) in [7, 11) is 0. The van der Waals surface area contributed by atoms with Crippen LogP contribution in [0.2, 0.25) is 5.28 Å². The van der Waals surface area contributed by atoms with Crippen molar-refractivity contribution in [2.45, 2.75) is 64.6 Å². The molecule has 0 bridgehead atoms. The van der Waals surface area contributed by atoms with Crippen molar-refractivity contribution in [3.63, 3.8) is 0 Å². The third-order valence-electron chi connectivity index (χ3n) is 5.63. The van der Waals surface area contributed by atoms with E-state index in [1.165, 1.54) is 27.1 Å². The van der Waals surface area contributed by atoms with E-state index in [1.807, 2.05) is 0 Å². The van der Waals surface area contributed by atoms with Crippen LogP contribution in [0.4, 0.5) is 5.82 Å². The number of hydrogen-bond donors (Lipinski definition) is 0. The minimum Gasteiger partial charge on any atom is -0.456 e. The molecular formula is C21H26ClN5O7. The number of ether oxygens (including phenoxy) is 4.